The molecule has 214 valence electrons. The zero-order chi connectivity index (χ0) is 29.8. The van der Waals surface area contributed by atoms with Gasteiger partial charge >= 0.3 is 0 Å². The van der Waals surface area contributed by atoms with Gasteiger partial charge in [-0.3, -0.25) is 4.79 Å². The first-order valence-corrected chi connectivity index (χ1v) is 13.9. The summed E-state index contributed by atoms with van der Waals surface area (Å²) < 4.78 is 18.9. The number of para-hydroxylation sites is 2. The maximum Gasteiger partial charge on any atom is 0.282 e. The largest absolute Gasteiger partial charge is 0.496 e. The second-order valence-corrected chi connectivity index (χ2v) is 10.5. The minimum Gasteiger partial charge on any atom is -0.496 e. The number of ether oxygens (including phenoxy) is 3. The van der Waals surface area contributed by atoms with E-state index in [1.165, 1.54) is 4.68 Å². The fourth-order valence-corrected chi connectivity index (χ4v) is 5.00. The highest BCUT2D eigenvalue weighted by atomic mass is 16.5. The highest BCUT2D eigenvalue weighted by Crippen LogP contribution is 2.34. The predicted molar refractivity (Wildman–Crippen MR) is 168 cm³/mol. The summed E-state index contributed by atoms with van der Waals surface area (Å²) in [7, 11) is 3.27. The lowest BCUT2D eigenvalue weighted by Gasteiger charge is -2.17. The highest BCUT2D eigenvalue weighted by molar-refractivity contribution is 5.86. The Morgan fingerprint density at radius 1 is 0.905 bits per heavy atom. The van der Waals surface area contributed by atoms with E-state index in [1.54, 1.807) is 26.5 Å². The fraction of sp³-hybridized carbons (Fsp3) is 0.229. The molecular formula is C35H35N3O4. The molecule has 1 heterocycles. The summed E-state index contributed by atoms with van der Waals surface area (Å²) in [6, 6.07) is 25.1. The molecule has 0 radical (unpaired) electrons. The number of benzene rings is 4. The summed E-state index contributed by atoms with van der Waals surface area (Å²) in [5.74, 6) is 2.56. The number of rotatable bonds is 9. The van der Waals surface area contributed by atoms with Gasteiger partial charge in [-0.2, -0.15) is 9.78 Å². The molecule has 7 nitrogen and oxygen atoms in total. The van der Waals surface area contributed by atoms with E-state index in [0.717, 1.165) is 33.6 Å². The molecule has 0 aliphatic carbocycles. The monoisotopic (exact) mass is 561 g/mol. The number of aromatic nitrogens is 2. The first kappa shape index (κ1) is 28.6. The normalized spacial score (nSPS) is 11.4. The molecule has 5 rings (SSSR count). The molecule has 0 saturated carbocycles. The molecule has 5 aromatic rings. The Labute approximate surface area is 246 Å². The summed E-state index contributed by atoms with van der Waals surface area (Å²) in [6.45, 7) is 8.60. The van der Waals surface area contributed by atoms with E-state index < -0.39 is 0 Å². The molecular weight excluding hydrogens is 526 g/mol. The summed E-state index contributed by atoms with van der Waals surface area (Å²) in [5, 5.41) is 5.20. The van der Waals surface area contributed by atoms with Crippen molar-refractivity contribution in [3.63, 3.8) is 0 Å². The molecule has 0 spiro atoms. The van der Waals surface area contributed by atoms with Crippen LogP contribution in [0.4, 0.5) is 0 Å². The number of aryl methyl sites for hydroxylation is 2. The molecule has 0 fully saturated rings. The third-order valence-corrected chi connectivity index (χ3v) is 7.20. The van der Waals surface area contributed by atoms with E-state index in [1.807, 2.05) is 80.6 Å². The quantitative estimate of drug-likeness (QED) is 0.177. The first-order chi connectivity index (χ1) is 20.3. The zero-order valence-electron chi connectivity index (χ0n) is 24.8. The van der Waals surface area contributed by atoms with Gasteiger partial charge in [-0.1, -0.05) is 61.9 Å². The van der Waals surface area contributed by atoms with Crippen LogP contribution < -0.4 is 19.8 Å². The van der Waals surface area contributed by atoms with Gasteiger partial charge in [0.2, 0.25) is 0 Å². The van der Waals surface area contributed by atoms with Gasteiger partial charge in [0, 0.05) is 11.1 Å². The Balaban J connectivity index is 1.65. The number of hydrogen-bond acceptors (Lipinski definition) is 6. The van der Waals surface area contributed by atoms with Gasteiger partial charge in [0.15, 0.2) is 17.3 Å². The van der Waals surface area contributed by atoms with Crippen molar-refractivity contribution in [2.24, 2.45) is 5.10 Å². The minimum atomic E-state index is -0.265. The lowest BCUT2D eigenvalue weighted by Crippen LogP contribution is -2.21. The van der Waals surface area contributed by atoms with Gasteiger partial charge in [-0.15, -0.1) is 0 Å². The molecule has 0 saturated heterocycles. The van der Waals surface area contributed by atoms with Crippen LogP contribution in [0.25, 0.3) is 22.3 Å². The molecule has 0 amide bonds. The minimum absolute atomic E-state index is 0.202. The van der Waals surface area contributed by atoms with Crippen LogP contribution >= 0.6 is 0 Å². The average molecular weight is 562 g/mol. The summed E-state index contributed by atoms with van der Waals surface area (Å²) in [4.78, 5) is 18.8. The van der Waals surface area contributed by atoms with Crippen LogP contribution in [0.15, 0.2) is 88.8 Å². The third kappa shape index (κ3) is 5.77. The third-order valence-electron chi connectivity index (χ3n) is 7.20. The van der Waals surface area contributed by atoms with Crippen molar-refractivity contribution in [2.45, 2.75) is 40.2 Å². The van der Waals surface area contributed by atoms with Gasteiger partial charge in [-0.05, 0) is 72.9 Å². The Hall–Kier alpha value is -4.91. The van der Waals surface area contributed by atoms with E-state index in [-0.39, 0.29) is 11.5 Å². The fourth-order valence-electron chi connectivity index (χ4n) is 5.00. The van der Waals surface area contributed by atoms with Gasteiger partial charge in [0.05, 0.1) is 31.3 Å². The number of nitrogens with zero attached hydrogens (tertiary/aromatic N) is 3. The Bertz CT molecular complexity index is 1840. The van der Waals surface area contributed by atoms with Crippen molar-refractivity contribution in [1.82, 2.24) is 9.66 Å². The van der Waals surface area contributed by atoms with Crippen LogP contribution in [0.1, 0.15) is 47.6 Å². The molecule has 0 atom stereocenters. The van der Waals surface area contributed by atoms with E-state index in [0.29, 0.717) is 40.4 Å². The van der Waals surface area contributed by atoms with Crippen LogP contribution in [0.5, 0.6) is 17.2 Å². The Kier molecular flexibility index (Phi) is 8.38. The smallest absolute Gasteiger partial charge is 0.282 e. The molecule has 0 aliphatic rings. The van der Waals surface area contributed by atoms with Gasteiger partial charge < -0.3 is 14.2 Å². The van der Waals surface area contributed by atoms with Crippen molar-refractivity contribution in [3.8, 4) is 28.6 Å². The second-order valence-electron chi connectivity index (χ2n) is 10.5. The highest BCUT2D eigenvalue weighted by Gasteiger charge is 2.19. The van der Waals surface area contributed by atoms with Crippen molar-refractivity contribution in [3.05, 3.63) is 117 Å². The average Bonchev–Trinajstić information content (AvgIpc) is 2.99. The molecule has 0 unspecified atom stereocenters. The van der Waals surface area contributed by atoms with Crippen LogP contribution in [0.3, 0.4) is 0 Å². The van der Waals surface area contributed by atoms with Gasteiger partial charge in [-0.25, -0.2) is 4.98 Å². The van der Waals surface area contributed by atoms with Crippen LogP contribution in [-0.2, 0) is 6.61 Å². The lowest BCUT2D eigenvalue weighted by molar-refractivity contribution is 0.284. The van der Waals surface area contributed by atoms with E-state index in [4.69, 9.17) is 24.3 Å². The van der Waals surface area contributed by atoms with Gasteiger partial charge in [0.25, 0.3) is 5.56 Å². The lowest BCUT2D eigenvalue weighted by atomic mass is 9.96. The first-order valence-electron chi connectivity index (χ1n) is 13.9. The number of methoxy groups -OCH3 is 2. The Morgan fingerprint density at radius 3 is 2.40 bits per heavy atom. The summed E-state index contributed by atoms with van der Waals surface area (Å²) in [6.07, 6.45) is 1.62. The van der Waals surface area contributed by atoms with Gasteiger partial charge in [0.1, 0.15) is 12.4 Å². The van der Waals surface area contributed by atoms with Crippen LogP contribution in [0.2, 0.25) is 0 Å². The summed E-state index contributed by atoms with van der Waals surface area (Å²) >= 11 is 0. The van der Waals surface area contributed by atoms with Crippen molar-refractivity contribution in [1.29, 1.82) is 0 Å². The molecule has 7 heteroatoms. The van der Waals surface area contributed by atoms with Crippen molar-refractivity contribution < 1.29 is 14.2 Å². The Morgan fingerprint density at radius 2 is 1.67 bits per heavy atom. The maximum atomic E-state index is 13.9. The molecule has 42 heavy (non-hydrogen) atoms. The molecule has 0 aliphatic heterocycles. The number of hydrogen-bond donors (Lipinski definition) is 0. The van der Waals surface area contributed by atoms with Crippen LogP contribution in [0, 0.1) is 13.8 Å². The zero-order valence-corrected chi connectivity index (χ0v) is 24.8. The SMILES string of the molecule is COc1cc(C)c(-c2nc3ccccc3c(=O)n2N=Cc2cccc(OC)c2OCc2cccc(C)c2)cc1C(C)C. The maximum absolute atomic E-state index is 13.9. The molecule has 1 aromatic heterocycles. The standard InChI is InChI=1S/C35H35N3O4/c1-22(2)28-19-29(24(4)18-32(28)41-6)34-37-30-15-8-7-14-27(30)35(39)38(34)36-20-26-13-10-16-31(40-5)33(26)42-21-25-12-9-11-23(3)17-25/h7-20,22H,21H2,1-6H3. The predicted octanol–water partition coefficient (Wildman–Crippen LogP) is 7.28. The van der Waals surface area contributed by atoms with E-state index in [9.17, 15) is 4.79 Å². The molecule has 4 aromatic carbocycles. The van der Waals surface area contributed by atoms with E-state index in [2.05, 4.69) is 19.9 Å². The topological polar surface area (TPSA) is 74.9 Å². The summed E-state index contributed by atoms with van der Waals surface area (Å²) in [5.41, 5.74) is 5.96. The molecule has 0 N–H and O–H groups in total. The second kappa shape index (κ2) is 12.3. The van der Waals surface area contributed by atoms with Crippen molar-refractivity contribution in [2.75, 3.05) is 14.2 Å². The number of fused-ring (bicyclic) bond motifs is 1. The molecule has 0 bridgehead atoms. The van der Waals surface area contributed by atoms with Crippen molar-refractivity contribution >= 4 is 17.1 Å². The van der Waals surface area contributed by atoms with E-state index >= 15 is 0 Å². The van der Waals surface area contributed by atoms with Crippen LogP contribution in [-0.4, -0.2) is 30.1 Å².